The average Bonchev–Trinajstić information content (AvgIpc) is 3.37. The van der Waals surface area contributed by atoms with Crippen LogP contribution in [0.2, 0.25) is 0 Å². The predicted molar refractivity (Wildman–Crippen MR) is 123 cm³/mol. The molecule has 1 aliphatic carbocycles. The maximum absolute atomic E-state index is 14.8. The van der Waals surface area contributed by atoms with E-state index in [1.165, 1.54) is 0 Å². The van der Waals surface area contributed by atoms with E-state index in [0.29, 0.717) is 28.8 Å². The van der Waals surface area contributed by atoms with Gasteiger partial charge in [0.25, 0.3) is 0 Å². The van der Waals surface area contributed by atoms with Crippen molar-refractivity contribution in [2.24, 2.45) is 0 Å². The van der Waals surface area contributed by atoms with E-state index in [4.69, 9.17) is 4.74 Å². The largest absolute Gasteiger partial charge is 0.444 e. The Morgan fingerprint density at radius 2 is 1.89 bits per heavy atom. The Balaban J connectivity index is 1.56. The van der Waals surface area contributed by atoms with Crippen molar-refractivity contribution in [2.45, 2.75) is 51.2 Å². The number of halogens is 3. The standard InChI is InChI=1S/C24H23F3N6O3/c1-24(2,3)36-23(35)29-17-10-19-18(8-13(17)12-7-15(26)16(27)9-14(12)25)28-20-6-11(4-5-33(19)20)21-30-22(34)32-31-21/h4-7,9,13,17H,8,10H2,1-3H3,(H,29,35)(H2,30,31,32,34)/t13-,17+/m1/s1. The van der Waals surface area contributed by atoms with E-state index in [1.807, 2.05) is 4.40 Å². The highest BCUT2D eigenvalue weighted by atomic mass is 19.2. The van der Waals surface area contributed by atoms with Crippen LogP contribution in [0.4, 0.5) is 18.0 Å². The number of fused-ring (bicyclic) bond motifs is 3. The predicted octanol–water partition coefficient (Wildman–Crippen LogP) is 3.61. The van der Waals surface area contributed by atoms with Gasteiger partial charge in [-0.3, -0.25) is 4.98 Å². The van der Waals surface area contributed by atoms with Crippen molar-refractivity contribution in [2.75, 3.05) is 0 Å². The van der Waals surface area contributed by atoms with Crippen LogP contribution in [-0.4, -0.2) is 42.3 Å². The van der Waals surface area contributed by atoms with Crippen LogP contribution in [0, 0.1) is 17.5 Å². The number of nitrogens with zero attached hydrogens (tertiary/aromatic N) is 3. The highest BCUT2D eigenvalue weighted by Gasteiger charge is 2.36. The third kappa shape index (κ3) is 4.45. The number of H-pyrrole nitrogens is 2. The summed E-state index contributed by atoms with van der Waals surface area (Å²) in [5, 5.41) is 9.02. The Kier molecular flexibility index (Phi) is 5.61. The summed E-state index contributed by atoms with van der Waals surface area (Å²) in [7, 11) is 0. The van der Waals surface area contributed by atoms with Crippen LogP contribution >= 0.6 is 0 Å². The summed E-state index contributed by atoms with van der Waals surface area (Å²) in [6, 6.07) is 4.12. The molecule has 0 unspecified atom stereocenters. The molecule has 1 aliphatic rings. The molecule has 3 aromatic heterocycles. The first-order valence-corrected chi connectivity index (χ1v) is 11.3. The number of imidazole rings is 1. The fourth-order valence-corrected chi connectivity index (χ4v) is 4.54. The highest BCUT2D eigenvalue weighted by Crippen LogP contribution is 2.36. The monoisotopic (exact) mass is 500 g/mol. The fraction of sp³-hybridized carbons (Fsp3) is 0.333. The van der Waals surface area contributed by atoms with E-state index >= 15 is 0 Å². The van der Waals surface area contributed by atoms with E-state index in [2.05, 4.69) is 25.5 Å². The second-order valence-electron chi connectivity index (χ2n) is 9.73. The zero-order valence-corrected chi connectivity index (χ0v) is 19.7. The molecule has 9 nitrogen and oxygen atoms in total. The molecule has 12 heteroatoms. The lowest BCUT2D eigenvalue weighted by Crippen LogP contribution is -2.46. The number of aromatic amines is 2. The number of hydrogen-bond donors (Lipinski definition) is 3. The minimum atomic E-state index is -1.29. The molecular weight excluding hydrogens is 477 g/mol. The average molecular weight is 500 g/mol. The molecule has 4 aromatic rings. The van der Waals surface area contributed by atoms with Gasteiger partial charge in [-0.15, -0.1) is 0 Å². The molecule has 5 rings (SSSR count). The molecule has 0 saturated heterocycles. The number of aromatic nitrogens is 5. The number of carbonyl (C=O) groups excluding carboxylic acids is 1. The lowest BCUT2D eigenvalue weighted by atomic mass is 9.80. The number of alkyl carbamates (subject to hydrolysis) is 1. The number of ether oxygens (including phenoxy) is 1. The topological polar surface area (TPSA) is 117 Å². The SMILES string of the molecule is CC(C)(C)OC(=O)N[C@H]1Cc2c(nc3cc(-c4n[nH]c(=O)[nH]4)ccn23)C[C@@H]1c1cc(F)c(F)cc1F. The second-order valence-corrected chi connectivity index (χ2v) is 9.73. The van der Waals surface area contributed by atoms with E-state index < -0.39 is 46.8 Å². The summed E-state index contributed by atoms with van der Waals surface area (Å²) in [4.78, 5) is 31.3. The van der Waals surface area contributed by atoms with Gasteiger partial charge in [-0.2, -0.15) is 5.10 Å². The molecule has 0 fully saturated rings. The van der Waals surface area contributed by atoms with Crippen molar-refractivity contribution in [1.29, 1.82) is 0 Å². The number of rotatable bonds is 3. The van der Waals surface area contributed by atoms with Crippen molar-refractivity contribution in [3.63, 3.8) is 0 Å². The van der Waals surface area contributed by atoms with E-state index in [0.717, 1.165) is 11.8 Å². The number of amides is 1. The molecule has 0 bridgehead atoms. The third-order valence-electron chi connectivity index (χ3n) is 6.04. The Hall–Kier alpha value is -4.09. The number of hydrogen-bond acceptors (Lipinski definition) is 5. The second kappa shape index (κ2) is 8.54. The Labute approximate surface area is 202 Å². The quantitative estimate of drug-likeness (QED) is 0.372. The van der Waals surface area contributed by atoms with Crippen LogP contribution in [0.25, 0.3) is 17.0 Å². The summed E-state index contributed by atoms with van der Waals surface area (Å²) in [5.41, 5.74) is 1.29. The Bertz CT molecular complexity index is 1530. The molecule has 0 radical (unpaired) electrons. The molecule has 0 saturated carbocycles. The van der Waals surface area contributed by atoms with Gasteiger partial charge in [-0.1, -0.05) is 0 Å². The number of carbonyl (C=O) groups is 1. The smallest absolute Gasteiger partial charge is 0.407 e. The molecule has 1 aromatic carbocycles. The van der Waals surface area contributed by atoms with Crippen LogP contribution in [0.3, 0.4) is 0 Å². The maximum atomic E-state index is 14.8. The first-order valence-electron chi connectivity index (χ1n) is 11.3. The van der Waals surface area contributed by atoms with Crippen LogP contribution in [0.5, 0.6) is 0 Å². The number of nitrogens with one attached hydrogen (secondary N) is 3. The van der Waals surface area contributed by atoms with Crippen molar-refractivity contribution in [3.8, 4) is 11.4 Å². The Morgan fingerprint density at radius 1 is 1.14 bits per heavy atom. The van der Waals surface area contributed by atoms with Gasteiger partial charge >= 0.3 is 11.8 Å². The van der Waals surface area contributed by atoms with Crippen molar-refractivity contribution < 1.29 is 22.7 Å². The van der Waals surface area contributed by atoms with Crippen LogP contribution in [0.15, 0.2) is 35.3 Å². The van der Waals surface area contributed by atoms with Crippen molar-refractivity contribution >= 4 is 11.7 Å². The van der Waals surface area contributed by atoms with Crippen molar-refractivity contribution in [3.05, 3.63) is 75.3 Å². The van der Waals surface area contributed by atoms with E-state index in [-0.39, 0.29) is 18.4 Å². The minimum absolute atomic E-state index is 0.0625. The summed E-state index contributed by atoms with van der Waals surface area (Å²) in [6.45, 7) is 5.14. The fourth-order valence-electron chi connectivity index (χ4n) is 4.54. The van der Waals surface area contributed by atoms with Gasteiger partial charge in [0.1, 0.15) is 17.1 Å². The molecule has 188 valence electrons. The zero-order valence-electron chi connectivity index (χ0n) is 19.7. The molecule has 36 heavy (non-hydrogen) atoms. The summed E-state index contributed by atoms with van der Waals surface area (Å²) >= 11 is 0. The lowest BCUT2D eigenvalue weighted by Gasteiger charge is -2.33. The number of benzene rings is 1. The van der Waals surface area contributed by atoms with E-state index in [1.54, 1.807) is 39.1 Å². The summed E-state index contributed by atoms with van der Waals surface area (Å²) in [5.74, 6) is -3.77. The molecule has 0 aliphatic heterocycles. The van der Waals surface area contributed by atoms with Crippen LogP contribution in [0.1, 0.15) is 43.6 Å². The normalized spacial score (nSPS) is 17.7. The first kappa shape index (κ1) is 23.6. The molecule has 3 N–H and O–H groups in total. The summed E-state index contributed by atoms with van der Waals surface area (Å²) < 4.78 is 49.7. The highest BCUT2D eigenvalue weighted by molar-refractivity contribution is 5.68. The molecule has 1 amide bonds. The van der Waals surface area contributed by atoms with Crippen LogP contribution in [-0.2, 0) is 17.6 Å². The van der Waals surface area contributed by atoms with Gasteiger partial charge in [-0.25, -0.2) is 32.8 Å². The zero-order chi connectivity index (χ0) is 25.8. The molecule has 0 spiro atoms. The van der Waals surface area contributed by atoms with Gasteiger partial charge in [-0.05, 0) is 44.5 Å². The van der Waals surface area contributed by atoms with Gasteiger partial charge in [0.15, 0.2) is 17.5 Å². The van der Waals surface area contributed by atoms with Gasteiger partial charge in [0.05, 0.1) is 5.69 Å². The van der Waals surface area contributed by atoms with Gasteiger partial charge < -0.3 is 14.5 Å². The summed E-state index contributed by atoms with van der Waals surface area (Å²) in [6.07, 6.45) is 1.44. The first-order chi connectivity index (χ1) is 17.0. The lowest BCUT2D eigenvalue weighted by molar-refractivity contribution is 0.0493. The van der Waals surface area contributed by atoms with Gasteiger partial charge in [0, 0.05) is 48.3 Å². The Morgan fingerprint density at radius 3 is 2.58 bits per heavy atom. The third-order valence-corrected chi connectivity index (χ3v) is 6.04. The van der Waals surface area contributed by atoms with Crippen LogP contribution < -0.4 is 11.0 Å². The van der Waals surface area contributed by atoms with Gasteiger partial charge in [0.2, 0.25) is 0 Å². The molecule has 2 atom stereocenters. The molecule has 3 heterocycles. The maximum Gasteiger partial charge on any atom is 0.407 e. The number of pyridine rings is 1. The van der Waals surface area contributed by atoms with Crippen molar-refractivity contribution in [1.82, 2.24) is 29.9 Å². The minimum Gasteiger partial charge on any atom is -0.444 e. The molecular formula is C24H23F3N6O3. The van der Waals surface area contributed by atoms with E-state index in [9.17, 15) is 22.8 Å².